The zero-order chi connectivity index (χ0) is 18.8. The lowest BCUT2D eigenvalue weighted by molar-refractivity contribution is 0.102. The summed E-state index contributed by atoms with van der Waals surface area (Å²) < 4.78 is 5.92. The molecular formula is C20H14ClN3O2S. The maximum atomic E-state index is 12.8. The van der Waals surface area contributed by atoms with Crippen molar-refractivity contribution in [2.75, 3.05) is 5.32 Å². The predicted octanol–water partition coefficient (Wildman–Crippen LogP) is 5.34. The molecule has 0 aliphatic heterocycles. The third-order valence-electron chi connectivity index (χ3n) is 3.87. The molecular weight excluding hydrogens is 382 g/mol. The van der Waals surface area contributed by atoms with Crippen LogP contribution in [0.5, 0.6) is 0 Å². The number of rotatable bonds is 3. The van der Waals surface area contributed by atoms with Gasteiger partial charge in [-0.3, -0.25) is 10.1 Å². The van der Waals surface area contributed by atoms with Crippen LogP contribution in [0.15, 0.2) is 69.5 Å². The molecule has 0 fully saturated rings. The number of benzene rings is 2. The van der Waals surface area contributed by atoms with Gasteiger partial charge in [-0.15, -0.1) is 11.3 Å². The van der Waals surface area contributed by atoms with Gasteiger partial charge in [0.05, 0.1) is 5.69 Å². The zero-order valence-electron chi connectivity index (χ0n) is 14.3. The molecule has 0 aliphatic rings. The van der Waals surface area contributed by atoms with E-state index in [1.54, 1.807) is 35.8 Å². The fourth-order valence-electron chi connectivity index (χ4n) is 2.53. The molecule has 2 aromatic carbocycles. The maximum absolute atomic E-state index is 12.8. The highest BCUT2D eigenvalue weighted by Crippen LogP contribution is 2.21. The Balaban J connectivity index is 1.87. The third-order valence-corrected chi connectivity index (χ3v) is 4.79. The average Bonchev–Trinajstić information content (AvgIpc) is 3.16. The van der Waals surface area contributed by atoms with Crippen molar-refractivity contribution in [3.8, 4) is 0 Å². The van der Waals surface area contributed by atoms with Crippen LogP contribution in [0.25, 0.3) is 11.0 Å². The van der Waals surface area contributed by atoms with E-state index in [1.807, 2.05) is 31.2 Å². The summed E-state index contributed by atoms with van der Waals surface area (Å²) in [6.07, 6.45) is 1.63. The van der Waals surface area contributed by atoms with E-state index >= 15 is 0 Å². The van der Waals surface area contributed by atoms with Gasteiger partial charge in [0.15, 0.2) is 5.13 Å². The first-order chi connectivity index (χ1) is 13.1. The number of nitrogens with zero attached hydrogens (tertiary/aromatic N) is 2. The first kappa shape index (κ1) is 17.5. The molecule has 0 unspecified atom stereocenters. The van der Waals surface area contributed by atoms with Gasteiger partial charge >= 0.3 is 0 Å². The molecule has 0 aliphatic carbocycles. The van der Waals surface area contributed by atoms with E-state index in [9.17, 15) is 4.79 Å². The second-order valence-corrected chi connectivity index (χ2v) is 7.22. The number of aromatic nitrogens is 1. The van der Waals surface area contributed by atoms with Gasteiger partial charge in [0.25, 0.3) is 5.91 Å². The summed E-state index contributed by atoms with van der Waals surface area (Å²) >= 11 is 7.41. The number of hydrogen-bond acceptors (Lipinski definition) is 5. The first-order valence-corrected chi connectivity index (χ1v) is 9.40. The molecule has 134 valence electrons. The predicted molar refractivity (Wildman–Crippen MR) is 108 cm³/mol. The molecule has 7 heteroatoms. The van der Waals surface area contributed by atoms with Gasteiger partial charge in [0, 0.05) is 22.0 Å². The number of carbonyl (C=O) groups excluding carboxylic acids is 1. The zero-order valence-corrected chi connectivity index (χ0v) is 15.8. The highest BCUT2D eigenvalue weighted by molar-refractivity contribution is 7.13. The van der Waals surface area contributed by atoms with Crippen LogP contribution < -0.4 is 10.9 Å². The smallest absolute Gasteiger partial charge is 0.262 e. The normalized spacial score (nSPS) is 11.7. The maximum Gasteiger partial charge on any atom is 0.262 e. The number of fused-ring (bicyclic) bond motifs is 1. The van der Waals surface area contributed by atoms with Crippen LogP contribution in [-0.4, -0.2) is 10.9 Å². The highest BCUT2D eigenvalue weighted by atomic mass is 35.5. The van der Waals surface area contributed by atoms with Crippen molar-refractivity contribution in [3.05, 3.63) is 81.8 Å². The Kier molecular flexibility index (Phi) is 4.75. The fourth-order valence-corrected chi connectivity index (χ4v) is 3.24. The first-order valence-electron chi connectivity index (χ1n) is 8.14. The van der Waals surface area contributed by atoms with Gasteiger partial charge in [-0.1, -0.05) is 29.3 Å². The monoisotopic (exact) mass is 395 g/mol. The number of carbonyl (C=O) groups is 1. The minimum Gasteiger partial charge on any atom is -0.438 e. The molecule has 0 saturated carbocycles. The van der Waals surface area contributed by atoms with Crippen LogP contribution in [0.3, 0.4) is 0 Å². The Morgan fingerprint density at radius 1 is 1.19 bits per heavy atom. The summed E-state index contributed by atoms with van der Waals surface area (Å²) in [6, 6.07) is 14.6. The van der Waals surface area contributed by atoms with Crippen molar-refractivity contribution in [2.24, 2.45) is 4.99 Å². The molecule has 0 saturated heterocycles. The Hall–Kier alpha value is -2.96. The van der Waals surface area contributed by atoms with Gasteiger partial charge in [-0.05, 0) is 43.3 Å². The minimum atomic E-state index is -0.346. The van der Waals surface area contributed by atoms with E-state index in [2.05, 4.69) is 15.3 Å². The Labute approximate surface area is 164 Å². The van der Waals surface area contributed by atoms with Crippen molar-refractivity contribution in [1.82, 2.24) is 4.98 Å². The number of aryl methyl sites for hydroxylation is 1. The quantitative estimate of drug-likeness (QED) is 0.509. The Bertz CT molecular complexity index is 1180. The van der Waals surface area contributed by atoms with E-state index in [4.69, 9.17) is 16.0 Å². The summed E-state index contributed by atoms with van der Waals surface area (Å²) in [7, 11) is 0. The number of anilines is 1. The van der Waals surface area contributed by atoms with Crippen molar-refractivity contribution >= 4 is 50.6 Å². The minimum absolute atomic E-state index is 0.225. The molecule has 0 bridgehead atoms. The van der Waals surface area contributed by atoms with Gasteiger partial charge in [-0.25, -0.2) is 9.98 Å². The SMILES string of the molecule is Cc1ccc(N=c2oc3ccc(Cl)cc3cc2C(=O)Nc2nccs2)cc1. The number of hydrogen-bond donors (Lipinski definition) is 1. The lowest BCUT2D eigenvalue weighted by atomic mass is 10.1. The fraction of sp³-hybridized carbons (Fsp3) is 0.0500. The Morgan fingerprint density at radius 3 is 2.74 bits per heavy atom. The molecule has 5 nitrogen and oxygen atoms in total. The number of thiazole rings is 1. The molecule has 4 rings (SSSR count). The summed E-state index contributed by atoms with van der Waals surface area (Å²) in [4.78, 5) is 21.4. The molecule has 0 spiro atoms. The highest BCUT2D eigenvalue weighted by Gasteiger charge is 2.14. The topological polar surface area (TPSA) is 67.5 Å². The van der Waals surface area contributed by atoms with E-state index in [1.165, 1.54) is 11.3 Å². The van der Waals surface area contributed by atoms with Crippen LogP contribution in [0, 0.1) is 6.92 Å². The Morgan fingerprint density at radius 2 is 2.00 bits per heavy atom. The van der Waals surface area contributed by atoms with Crippen LogP contribution in [0.4, 0.5) is 10.8 Å². The van der Waals surface area contributed by atoms with Crippen molar-refractivity contribution in [1.29, 1.82) is 0 Å². The van der Waals surface area contributed by atoms with Crippen LogP contribution in [-0.2, 0) is 0 Å². The molecule has 0 atom stereocenters. The lowest BCUT2D eigenvalue weighted by Gasteiger charge is -2.05. The van der Waals surface area contributed by atoms with Gasteiger partial charge in [0.2, 0.25) is 5.55 Å². The summed E-state index contributed by atoms with van der Waals surface area (Å²) in [6.45, 7) is 2.00. The molecule has 4 aromatic rings. The van der Waals surface area contributed by atoms with Crippen LogP contribution >= 0.6 is 22.9 Å². The van der Waals surface area contributed by atoms with E-state index in [0.29, 0.717) is 27.0 Å². The molecule has 0 radical (unpaired) electrons. The van der Waals surface area contributed by atoms with E-state index in [-0.39, 0.29) is 11.5 Å². The largest absolute Gasteiger partial charge is 0.438 e. The summed E-state index contributed by atoms with van der Waals surface area (Å²) in [5.41, 5.74) is 2.95. The molecule has 2 aromatic heterocycles. The van der Waals surface area contributed by atoms with Gasteiger partial charge in [-0.2, -0.15) is 0 Å². The molecule has 2 heterocycles. The van der Waals surface area contributed by atoms with Crippen molar-refractivity contribution < 1.29 is 9.21 Å². The lowest BCUT2D eigenvalue weighted by Crippen LogP contribution is -2.21. The van der Waals surface area contributed by atoms with Crippen LogP contribution in [0.2, 0.25) is 5.02 Å². The van der Waals surface area contributed by atoms with Crippen LogP contribution in [0.1, 0.15) is 15.9 Å². The second-order valence-electron chi connectivity index (χ2n) is 5.89. The number of amides is 1. The van der Waals surface area contributed by atoms with Gasteiger partial charge in [0.1, 0.15) is 11.1 Å². The summed E-state index contributed by atoms with van der Waals surface area (Å²) in [5.74, 6) is -0.346. The molecule has 1 amide bonds. The third kappa shape index (κ3) is 3.92. The van der Waals surface area contributed by atoms with E-state index < -0.39 is 0 Å². The van der Waals surface area contributed by atoms with Gasteiger partial charge < -0.3 is 4.42 Å². The van der Waals surface area contributed by atoms with Crippen molar-refractivity contribution in [3.63, 3.8) is 0 Å². The van der Waals surface area contributed by atoms with Crippen molar-refractivity contribution in [2.45, 2.75) is 6.92 Å². The average molecular weight is 396 g/mol. The van der Waals surface area contributed by atoms with E-state index in [0.717, 1.165) is 10.9 Å². The summed E-state index contributed by atoms with van der Waals surface area (Å²) in [5, 5.41) is 6.34. The molecule has 1 N–H and O–H groups in total. The molecule has 27 heavy (non-hydrogen) atoms. The second kappa shape index (κ2) is 7.34. The number of nitrogens with one attached hydrogen (secondary N) is 1. The standard InChI is InChI=1S/C20H14ClN3O2S/c1-12-2-5-15(6-3-12)23-19-16(18(25)24-20-22-8-9-27-20)11-13-10-14(21)4-7-17(13)26-19/h2-11H,1H3,(H,22,24,25). The number of halogens is 1.